The van der Waals surface area contributed by atoms with Gasteiger partial charge in [-0.05, 0) is 63.9 Å². The minimum Gasteiger partial charge on any atom is -0.491 e. The first-order valence-electron chi connectivity index (χ1n) is 10.5. The maximum absolute atomic E-state index is 9.22. The molecule has 1 aliphatic carbocycles. The number of aliphatic hydroxyl groups is 2. The summed E-state index contributed by atoms with van der Waals surface area (Å²) in [6.45, 7) is 4.86. The predicted molar refractivity (Wildman–Crippen MR) is 119 cm³/mol. The molecule has 2 N–H and O–H groups in total. The Morgan fingerprint density at radius 2 is 1.53 bits per heavy atom. The van der Waals surface area contributed by atoms with E-state index < -0.39 is 0 Å². The van der Waals surface area contributed by atoms with Gasteiger partial charge >= 0.3 is 0 Å². The van der Waals surface area contributed by atoms with Crippen molar-refractivity contribution in [3.63, 3.8) is 0 Å². The summed E-state index contributed by atoms with van der Waals surface area (Å²) in [6, 6.07) is 18.9. The Morgan fingerprint density at radius 1 is 0.833 bits per heavy atom. The van der Waals surface area contributed by atoms with Gasteiger partial charge in [0.25, 0.3) is 0 Å². The Bertz CT molecular complexity index is 1040. The molecule has 3 aromatic rings. The standard InChI is InChI=1S/C26H28O4/c1-17(2)22-15-19(7-9-24(22)29-13-11-27)20-8-10-25(30-14-12-28)26-21-6-4-3-5-18(21)16-23(20)26/h3-10,15,17,27-28H,11-14,16H2,1-2H3. The van der Waals surface area contributed by atoms with E-state index in [9.17, 15) is 5.11 Å². The largest absolute Gasteiger partial charge is 0.491 e. The van der Waals surface area contributed by atoms with Gasteiger partial charge in [0.2, 0.25) is 0 Å². The van der Waals surface area contributed by atoms with Crippen LogP contribution in [0.4, 0.5) is 0 Å². The third-order valence-electron chi connectivity index (χ3n) is 5.57. The van der Waals surface area contributed by atoms with Gasteiger partial charge in [-0.25, -0.2) is 0 Å². The number of ether oxygens (including phenoxy) is 2. The molecule has 156 valence electrons. The molecule has 4 rings (SSSR count). The van der Waals surface area contributed by atoms with Crippen molar-refractivity contribution < 1.29 is 19.7 Å². The third-order valence-corrected chi connectivity index (χ3v) is 5.57. The Hall–Kier alpha value is -2.82. The minimum absolute atomic E-state index is 0.000353. The number of hydrogen-bond acceptors (Lipinski definition) is 4. The molecule has 30 heavy (non-hydrogen) atoms. The van der Waals surface area contributed by atoms with Crippen LogP contribution in [0, 0.1) is 0 Å². The van der Waals surface area contributed by atoms with Crippen molar-refractivity contribution >= 4 is 0 Å². The Morgan fingerprint density at radius 3 is 2.27 bits per heavy atom. The van der Waals surface area contributed by atoms with E-state index >= 15 is 0 Å². The molecular weight excluding hydrogens is 376 g/mol. The van der Waals surface area contributed by atoms with E-state index in [0.29, 0.717) is 12.5 Å². The van der Waals surface area contributed by atoms with Gasteiger partial charge in [0.05, 0.1) is 13.2 Å². The highest BCUT2D eigenvalue weighted by atomic mass is 16.5. The van der Waals surface area contributed by atoms with E-state index in [1.807, 2.05) is 12.1 Å². The lowest BCUT2D eigenvalue weighted by molar-refractivity contribution is 0.200. The summed E-state index contributed by atoms with van der Waals surface area (Å²) in [6.07, 6.45) is 0.858. The molecule has 0 fully saturated rings. The van der Waals surface area contributed by atoms with Gasteiger partial charge in [-0.3, -0.25) is 0 Å². The molecule has 0 aromatic heterocycles. The molecule has 3 aromatic carbocycles. The zero-order valence-corrected chi connectivity index (χ0v) is 17.5. The van der Waals surface area contributed by atoms with Gasteiger partial charge < -0.3 is 19.7 Å². The normalized spacial score (nSPS) is 12.0. The van der Waals surface area contributed by atoms with Gasteiger partial charge in [0.15, 0.2) is 0 Å². The van der Waals surface area contributed by atoms with Crippen molar-refractivity contribution in [1.82, 2.24) is 0 Å². The topological polar surface area (TPSA) is 58.9 Å². The zero-order valence-electron chi connectivity index (χ0n) is 17.5. The number of fused-ring (bicyclic) bond motifs is 3. The van der Waals surface area contributed by atoms with Crippen LogP contribution in [-0.4, -0.2) is 36.6 Å². The summed E-state index contributed by atoms with van der Waals surface area (Å²) in [4.78, 5) is 0. The lowest BCUT2D eigenvalue weighted by Crippen LogP contribution is -2.05. The highest BCUT2D eigenvalue weighted by molar-refractivity contribution is 5.88. The van der Waals surface area contributed by atoms with Crippen molar-refractivity contribution in [2.75, 3.05) is 26.4 Å². The average Bonchev–Trinajstić information content (AvgIpc) is 3.16. The molecule has 1 aliphatic rings. The Kier molecular flexibility index (Phi) is 6.07. The van der Waals surface area contributed by atoms with E-state index in [0.717, 1.165) is 34.6 Å². The van der Waals surface area contributed by atoms with Crippen LogP contribution in [0.1, 0.15) is 36.5 Å². The molecule has 0 spiro atoms. The SMILES string of the molecule is CC(C)c1cc(-c2ccc(OCCO)c3c2Cc2ccccc2-3)ccc1OCCO. The van der Waals surface area contributed by atoms with Crippen molar-refractivity contribution in [1.29, 1.82) is 0 Å². The molecule has 0 saturated carbocycles. The summed E-state index contributed by atoms with van der Waals surface area (Å²) in [7, 11) is 0. The summed E-state index contributed by atoms with van der Waals surface area (Å²) < 4.78 is 11.6. The fourth-order valence-corrected chi connectivity index (χ4v) is 4.21. The number of rotatable bonds is 8. The fourth-order valence-electron chi connectivity index (χ4n) is 4.21. The van der Waals surface area contributed by atoms with Crippen LogP contribution in [0.15, 0.2) is 54.6 Å². The van der Waals surface area contributed by atoms with Gasteiger partial charge in [-0.2, -0.15) is 0 Å². The van der Waals surface area contributed by atoms with E-state index in [4.69, 9.17) is 14.6 Å². The van der Waals surface area contributed by atoms with Crippen LogP contribution in [0.25, 0.3) is 22.3 Å². The zero-order chi connectivity index (χ0) is 21.1. The van der Waals surface area contributed by atoms with Crippen LogP contribution in [0.5, 0.6) is 11.5 Å². The monoisotopic (exact) mass is 404 g/mol. The van der Waals surface area contributed by atoms with E-state index in [1.165, 1.54) is 22.3 Å². The van der Waals surface area contributed by atoms with Crippen LogP contribution >= 0.6 is 0 Å². The summed E-state index contributed by atoms with van der Waals surface area (Å²) >= 11 is 0. The molecule has 0 unspecified atom stereocenters. The average molecular weight is 405 g/mol. The first-order chi connectivity index (χ1) is 14.6. The first-order valence-corrected chi connectivity index (χ1v) is 10.5. The third kappa shape index (κ3) is 3.81. The Balaban J connectivity index is 1.82. The van der Waals surface area contributed by atoms with Crippen molar-refractivity contribution in [3.8, 4) is 33.8 Å². The lowest BCUT2D eigenvalue weighted by Gasteiger charge is -2.18. The predicted octanol–water partition coefficient (Wildman–Crippen LogP) is 4.79. The molecule has 0 radical (unpaired) electrons. The number of hydrogen-bond donors (Lipinski definition) is 2. The quantitative estimate of drug-likeness (QED) is 0.443. The minimum atomic E-state index is -0.00871. The summed E-state index contributed by atoms with van der Waals surface area (Å²) in [5.74, 6) is 1.95. The molecule has 0 atom stereocenters. The van der Waals surface area contributed by atoms with Crippen molar-refractivity contribution in [2.45, 2.75) is 26.2 Å². The van der Waals surface area contributed by atoms with Gasteiger partial charge in [-0.15, -0.1) is 0 Å². The maximum Gasteiger partial charge on any atom is 0.127 e. The smallest absolute Gasteiger partial charge is 0.127 e. The molecular formula is C26H28O4. The lowest BCUT2D eigenvalue weighted by atomic mass is 9.91. The Labute approximate surface area is 177 Å². The molecule has 4 nitrogen and oxygen atoms in total. The second-order valence-corrected chi connectivity index (χ2v) is 7.85. The van der Waals surface area contributed by atoms with Gasteiger partial charge in [0, 0.05) is 5.56 Å². The summed E-state index contributed by atoms with van der Waals surface area (Å²) in [5.41, 5.74) is 8.34. The second kappa shape index (κ2) is 8.90. The molecule has 0 bridgehead atoms. The number of benzene rings is 3. The molecule has 0 aliphatic heterocycles. The second-order valence-electron chi connectivity index (χ2n) is 7.85. The highest BCUT2D eigenvalue weighted by Crippen LogP contribution is 2.47. The van der Waals surface area contributed by atoms with Gasteiger partial charge in [0.1, 0.15) is 24.7 Å². The number of aliphatic hydroxyl groups excluding tert-OH is 2. The fraction of sp³-hybridized carbons (Fsp3) is 0.308. The summed E-state index contributed by atoms with van der Waals surface area (Å²) in [5, 5.41) is 18.3. The molecule has 0 heterocycles. The van der Waals surface area contributed by atoms with Crippen molar-refractivity contribution in [3.05, 3.63) is 71.3 Å². The van der Waals surface area contributed by atoms with Crippen LogP contribution < -0.4 is 9.47 Å². The molecule has 4 heteroatoms. The van der Waals surface area contributed by atoms with Crippen LogP contribution in [0.2, 0.25) is 0 Å². The van der Waals surface area contributed by atoms with Crippen LogP contribution in [-0.2, 0) is 6.42 Å². The van der Waals surface area contributed by atoms with Gasteiger partial charge in [-0.1, -0.05) is 50.2 Å². The highest BCUT2D eigenvalue weighted by Gasteiger charge is 2.25. The molecule has 0 saturated heterocycles. The van der Waals surface area contributed by atoms with Crippen molar-refractivity contribution in [2.24, 2.45) is 0 Å². The van der Waals surface area contributed by atoms with E-state index in [-0.39, 0.29) is 19.8 Å². The maximum atomic E-state index is 9.22. The van der Waals surface area contributed by atoms with E-state index in [1.54, 1.807) is 0 Å². The first kappa shape index (κ1) is 20.5. The van der Waals surface area contributed by atoms with E-state index in [2.05, 4.69) is 56.3 Å². The molecule has 0 amide bonds. The van der Waals surface area contributed by atoms with Crippen LogP contribution in [0.3, 0.4) is 0 Å².